The molecule has 0 saturated heterocycles. The van der Waals surface area contributed by atoms with E-state index in [0.717, 1.165) is 5.56 Å². The lowest BCUT2D eigenvalue weighted by molar-refractivity contribution is 0.178. The van der Waals surface area contributed by atoms with E-state index < -0.39 is 6.10 Å². The zero-order valence-corrected chi connectivity index (χ0v) is 10.6. The molecule has 1 N–H and O–H groups in total. The molecule has 0 aliphatic heterocycles. The number of nitrogens with zero attached hydrogens (tertiary/aromatic N) is 1. The van der Waals surface area contributed by atoms with Gasteiger partial charge in [0.05, 0.1) is 6.10 Å². The summed E-state index contributed by atoms with van der Waals surface area (Å²) >= 11 is 1.72. The maximum Gasteiger partial charge on any atom is 0.0845 e. The summed E-state index contributed by atoms with van der Waals surface area (Å²) in [5, 5.41) is 13.6. The molecule has 0 aliphatic rings. The topological polar surface area (TPSA) is 33.1 Å². The number of aliphatic hydroxyl groups excluding tert-OH is 1. The van der Waals surface area contributed by atoms with Crippen molar-refractivity contribution < 1.29 is 5.11 Å². The van der Waals surface area contributed by atoms with Crippen LogP contribution in [0.1, 0.15) is 17.2 Å². The van der Waals surface area contributed by atoms with Crippen molar-refractivity contribution in [1.82, 2.24) is 4.98 Å². The van der Waals surface area contributed by atoms with Gasteiger partial charge in [0.1, 0.15) is 0 Å². The molecule has 0 fully saturated rings. The molecule has 0 amide bonds. The van der Waals surface area contributed by atoms with Crippen LogP contribution in [-0.4, -0.2) is 10.1 Å². The van der Waals surface area contributed by atoms with Gasteiger partial charge in [-0.15, -0.1) is 11.3 Å². The fourth-order valence-corrected chi connectivity index (χ4v) is 3.07. The number of benzene rings is 1. The molecule has 1 unspecified atom stereocenters. The monoisotopic (exact) mass is 255 g/mol. The average Bonchev–Trinajstić information content (AvgIpc) is 2.83. The highest BCUT2D eigenvalue weighted by atomic mass is 32.1. The van der Waals surface area contributed by atoms with Crippen LogP contribution >= 0.6 is 11.3 Å². The van der Waals surface area contributed by atoms with Crippen LogP contribution in [-0.2, 0) is 6.42 Å². The lowest BCUT2D eigenvalue weighted by Crippen LogP contribution is -2.01. The number of aromatic nitrogens is 1. The van der Waals surface area contributed by atoms with E-state index in [1.165, 1.54) is 15.6 Å². The molecule has 3 rings (SSSR count). The highest BCUT2D eigenvalue weighted by Crippen LogP contribution is 2.29. The van der Waals surface area contributed by atoms with E-state index in [2.05, 4.69) is 22.5 Å². The van der Waals surface area contributed by atoms with Crippen LogP contribution in [0.25, 0.3) is 10.1 Å². The van der Waals surface area contributed by atoms with Gasteiger partial charge in [-0.25, -0.2) is 0 Å². The van der Waals surface area contributed by atoms with Crippen LogP contribution < -0.4 is 0 Å². The summed E-state index contributed by atoms with van der Waals surface area (Å²) in [6, 6.07) is 12.1. The van der Waals surface area contributed by atoms with Crippen LogP contribution in [0.15, 0.2) is 54.2 Å². The Labute approximate surface area is 110 Å². The standard InChI is InChI=1S/C15H13NOS/c17-14(11-4-3-7-16-9-11)8-12-10-18-15-6-2-1-5-13(12)15/h1-7,9-10,14,17H,8H2. The smallest absolute Gasteiger partial charge is 0.0845 e. The first-order chi connectivity index (χ1) is 8.84. The van der Waals surface area contributed by atoms with Crippen LogP contribution in [0.2, 0.25) is 0 Å². The summed E-state index contributed by atoms with van der Waals surface area (Å²) < 4.78 is 1.27. The predicted octanol–water partition coefficient (Wildman–Crippen LogP) is 3.57. The summed E-state index contributed by atoms with van der Waals surface area (Å²) in [4.78, 5) is 4.04. The molecular formula is C15H13NOS. The first-order valence-corrected chi connectivity index (χ1v) is 6.75. The highest BCUT2D eigenvalue weighted by Gasteiger charge is 2.11. The van der Waals surface area contributed by atoms with Gasteiger partial charge in [0, 0.05) is 23.5 Å². The third-order valence-electron chi connectivity index (χ3n) is 3.04. The molecule has 18 heavy (non-hydrogen) atoms. The molecule has 1 atom stereocenters. The van der Waals surface area contributed by atoms with Gasteiger partial charge in [0.15, 0.2) is 0 Å². The molecule has 0 aliphatic carbocycles. The van der Waals surface area contributed by atoms with Gasteiger partial charge in [0.25, 0.3) is 0 Å². The zero-order valence-electron chi connectivity index (χ0n) is 9.78. The lowest BCUT2D eigenvalue weighted by Gasteiger charge is -2.09. The van der Waals surface area contributed by atoms with E-state index in [9.17, 15) is 5.11 Å². The summed E-state index contributed by atoms with van der Waals surface area (Å²) in [5.74, 6) is 0. The fourth-order valence-electron chi connectivity index (χ4n) is 2.09. The molecule has 2 heterocycles. The van der Waals surface area contributed by atoms with E-state index in [1.54, 1.807) is 23.7 Å². The maximum absolute atomic E-state index is 10.2. The summed E-state index contributed by atoms with van der Waals surface area (Å²) in [6.45, 7) is 0. The predicted molar refractivity (Wildman–Crippen MR) is 74.7 cm³/mol. The SMILES string of the molecule is OC(Cc1csc2ccccc12)c1cccnc1. The van der Waals surface area contributed by atoms with Crippen molar-refractivity contribution in [3.05, 3.63) is 65.3 Å². The summed E-state index contributed by atoms with van der Waals surface area (Å²) in [5.41, 5.74) is 2.07. The van der Waals surface area contributed by atoms with Gasteiger partial charge in [-0.1, -0.05) is 24.3 Å². The lowest BCUT2D eigenvalue weighted by atomic mass is 10.0. The van der Waals surface area contributed by atoms with Gasteiger partial charge in [-0.2, -0.15) is 0 Å². The van der Waals surface area contributed by atoms with Gasteiger partial charge < -0.3 is 5.11 Å². The Morgan fingerprint density at radius 2 is 2.06 bits per heavy atom. The van der Waals surface area contributed by atoms with Crippen molar-refractivity contribution in [2.75, 3.05) is 0 Å². The molecule has 2 nitrogen and oxygen atoms in total. The number of pyridine rings is 1. The molecule has 0 bridgehead atoms. The van der Waals surface area contributed by atoms with E-state index in [1.807, 2.05) is 24.3 Å². The maximum atomic E-state index is 10.2. The first-order valence-electron chi connectivity index (χ1n) is 5.87. The number of hydrogen-bond donors (Lipinski definition) is 1. The van der Waals surface area contributed by atoms with Gasteiger partial charge >= 0.3 is 0 Å². The Morgan fingerprint density at radius 3 is 2.89 bits per heavy atom. The Hall–Kier alpha value is -1.71. The molecule has 0 spiro atoms. The van der Waals surface area contributed by atoms with Crippen LogP contribution in [0.4, 0.5) is 0 Å². The first kappa shape index (κ1) is 11.4. The number of fused-ring (bicyclic) bond motifs is 1. The third-order valence-corrected chi connectivity index (χ3v) is 4.06. The molecule has 0 saturated carbocycles. The second-order valence-electron chi connectivity index (χ2n) is 4.26. The van der Waals surface area contributed by atoms with Crippen LogP contribution in [0.3, 0.4) is 0 Å². The van der Waals surface area contributed by atoms with Crippen molar-refractivity contribution in [2.45, 2.75) is 12.5 Å². The van der Waals surface area contributed by atoms with E-state index in [-0.39, 0.29) is 0 Å². The second-order valence-corrected chi connectivity index (χ2v) is 5.17. The van der Waals surface area contributed by atoms with Crippen molar-refractivity contribution in [3.63, 3.8) is 0 Å². The van der Waals surface area contributed by atoms with E-state index in [0.29, 0.717) is 6.42 Å². The van der Waals surface area contributed by atoms with Gasteiger partial charge in [0.2, 0.25) is 0 Å². The number of aliphatic hydroxyl groups is 1. The Kier molecular flexibility index (Phi) is 3.09. The molecular weight excluding hydrogens is 242 g/mol. The van der Waals surface area contributed by atoms with Crippen molar-refractivity contribution in [3.8, 4) is 0 Å². The molecule has 3 aromatic rings. The minimum Gasteiger partial charge on any atom is -0.388 e. The Morgan fingerprint density at radius 1 is 1.17 bits per heavy atom. The molecule has 2 aromatic heterocycles. The van der Waals surface area contributed by atoms with Gasteiger partial charge in [-0.3, -0.25) is 4.98 Å². The largest absolute Gasteiger partial charge is 0.388 e. The summed E-state index contributed by atoms with van der Waals surface area (Å²) in [6.07, 6.45) is 3.59. The average molecular weight is 255 g/mol. The number of thiophene rings is 1. The minimum atomic E-state index is -0.489. The van der Waals surface area contributed by atoms with Crippen molar-refractivity contribution >= 4 is 21.4 Å². The van der Waals surface area contributed by atoms with Crippen molar-refractivity contribution in [2.24, 2.45) is 0 Å². The number of rotatable bonds is 3. The van der Waals surface area contributed by atoms with Gasteiger partial charge in [-0.05, 0) is 34.0 Å². The molecule has 3 heteroatoms. The third kappa shape index (κ3) is 2.15. The fraction of sp³-hybridized carbons (Fsp3) is 0.133. The van der Waals surface area contributed by atoms with E-state index >= 15 is 0 Å². The minimum absolute atomic E-state index is 0.489. The Balaban J connectivity index is 1.89. The highest BCUT2D eigenvalue weighted by molar-refractivity contribution is 7.17. The molecule has 90 valence electrons. The van der Waals surface area contributed by atoms with Crippen LogP contribution in [0, 0.1) is 0 Å². The second kappa shape index (κ2) is 4.88. The Bertz CT molecular complexity index is 648. The van der Waals surface area contributed by atoms with E-state index in [4.69, 9.17) is 0 Å². The molecule has 1 aromatic carbocycles. The number of hydrogen-bond acceptors (Lipinski definition) is 3. The summed E-state index contributed by atoms with van der Waals surface area (Å²) in [7, 11) is 0. The quantitative estimate of drug-likeness (QED) is 0.776. The normalized spacial score (nSPS) is 12.7. The van der Waals surface area contributed by atoms with Crippen LogP contribution in [0.5, 0.6) is 0 Å². The zero-order chi connectivity index (χ0) is 12.4. The van der Waals surface area contributed by atoms with Crippen molar-refractivity contribution in [1.29, 1.82) is 0 Å². The molecule has 0 radical (unpaired) electrons.